The Morgan fingerprint density at radius 3 is 2.30 bits per heavy atom. The molecule has 6 aromatic rings. The van der Waals surface area contributed by atoms with Gasteiger partial charge in [-0.3, -0.25) is 4.98 Å². The number of nitrogens with zero attached hydrogens (tertiary/aromatic N) is 1. The number of fused-ring (bicyclic) bond motifs is 3. The predicted molar refractivity (Wildman–Crippen MR) is 127 cm³/mol. The first-order valence-electron chi connectivity index (χ1n) is 9.92. The molecule has 0 spiro atoms. The van der Waals surface area contributed by atoms with Crippen molar-refractivity contribution in [2.24, 2.45) is 0 Å². The number of aromatic nitrogens is 2. The van der Waals surface area contributed by atoms with E-state index >= 15 is 0 Å². The lowest BCUT2D eigenvalue weighted by Gasteiger charge is -2.15. The Hall–Kier alpha value is -3.62. The molecule has 0 saturated carbocycles. The molecule has 142 valence electrons. The minimum atomic E-state index is 0.727. The fraction of sp³-hybridized carbons (Fsp3) is 0. The van der Waals surface area contributed by atoms with Gasteiger partial charge in [-0.25, -0.2) is 0 Å². The van der Waals surface area contributed by atoms with Gasteiger partial charge < -0.3 is 4.98 Å². The number of benzene rings is 4. The van der Waals surface area contributed by atoms with Crippen molar-refractivity contribution in [3.05, 3.63) is 102 Å². The summed E-state index contributed by atoms with van der Waals surface area (Å²) in [6, 6.07) is 29.4. The summed E-state index contributed by atoms with van der Waals surface area (Å²) >= 11 is 6.21. The normalized spacial score (nSPS) is 11.5. The van der Waals surface area contributed by atoms with Gasteiger partial charge in [0, 0.05) is 44.8 Å². The summed E-state index contributed by atoms with van der Waals surface area (Å²) in [7, 11) is 0. The fourth-order valence-corrected chi connectivity index (χ4v) is 4.56. The van der Waals surface area contributed by atoms with E-state index in [0.717, 1.165) is 43.7 Å². The molecular weight excluding hydrogens is 388 g/mol. The van der Waals surface area contributed by atoms with Gasteiger partial charge in [-0.2, -0.15) is 0 Å². The second kappa shape index (κ2) is 6.72. The number of halogens is 1. The first kappa shape index (κ1) is 17.3. The highest BCUT2D eigenvalue weighted by Crippen LogP contribution is 2.42. The minimum absolute atomic E-state index is 0.727. The number of H-pyrrole nitrogens is 1. The maximum atomic E-state index is 6.21. The topological polar surface area (TPSA) is 28.7 Å². The van der Waals surface area contributed by atoms with Crippen LogP contribution in [-0.4, -0.2) is 9.97 Å². The lowest BCUT2D eigenvalue weighted by Crippen LogP contribution is -1.91. The van der Waals surface area contributed by atoms with Gasteiger partial charge in [0.1, 0.15) is 0 Å². The lowest BCUT2D eigenvalue weighted by molar-refractivity contribution is 1.36. The van der Waals surface area contributed by atoms with Gasteiger partial charge in [0.2, 0.25) is 0 Å². The first-order valence-corrected chi connectivity index (χ1v) is 10.3. The Bertz CT molecular complexity index is 1560. The largest absolute Gasteiger partial charge is 0.360 e. The van der Waals surface area contributed by atoms with Crippen molar-refractivity contribution in [2.75, 3.05) is 0 Å². The van der Waals surface area contributed by atoms with Gasteiger partial charge in [-0.1, -0.05) is 78.3 Å². The lowest BCUT2D eigenvalue weighted by atomic mass is 9.90. The molecule has 30 heavy (non-hydrogen) atoms. The molecule has 0 radical (unpaired) electrons. The molecule has 0 aliphatic heterocycles. The van der Waals surface area contributed by atoms with Crippen LogP contribution in [-0.2, 0) is 0 Å². The van der Waals surface area contributed by atoms with Crippen LogP contribution in [0.1, 0.15) is 0 Å². The van der Waals surface area contributed by atoms with Gasteiger partial charge in [0.25, 0.3) is 0 Å². The molecule has 0 saturated heterocycles. The molecule has 0 aliphatic carbocycles. The van der Waals surface area contributed by atoms with Crippen molar-refractivity contribution in [3.8, 4) is 22.4 Å². The highest BCUT2D eigenvalue weighted by Gasteiger charge is 2.17. The monoisotopic (exact) mass is 404 g/mol. The van der Waals surface area contributed by atoms with Crippen LogP contribution in [0.3, 0.4) is 0 Å². The summed E-state index contributed by atoms with van der Waals surface area (Å²) in [6.07, 6.45) is 3.97. The van der Waals surface area contributed by atoms with E-state index in [9.17, 15) is 0 Å². The van der Waals surface area contributed by atoms with Gasteiger partial charge in [-0.05, 0) is 39.9 Å². The molecule has 0 unspecified atom stereocenters. The van der Waals surface area contributed by atoms with E-state index in [1.807, 2.05) is 18.3 Å². The summed E-state index contributed by atoms with van der Waals surface area (Å²) in [5, 5.41) is 6.62. The standard InChI is InChI=1S/C27H17ClN2/c28-19-10-12-22-24(16-30-25(22)15-19)23-11-9-17-5-1-3-7-20(17)26(23)27-21-8-4-2-6-18(21)13-14-29-27/h1-16,30H. The average Bonchev–Trinajstić information content (AvgIpc) is 3.21. The van der Waals surface area contributed by atoms with Crippen molar-refractivity contribution in [1.82, 2.24) is 9.97 Å². The van der Waals surface area contributed by atoms with E-state index < -0.39 is 0 Å². The van der Waals surface area contributed by atoms with Crippen LogP contribution in [0.4, 0.5) is 0 Å². The third kappa shape index (κ3) is 2.62. The number of hydrogen-bond acceptors (Lipinski definition) is 1. The molecule has 2 aromatic heterocycles. The van der Waals surface area contributed by atoms with E-state index in [-0.39, 0.29) is 0 Å². The molecule has 0 fully saturated rings. The minimum Gasteiger partial charge on any atom is -0.360 e. The molecular formula is C27H17ClN2. The van der Waals surface area contributed by atoms with Crippen molar-refractivity contribution in [2.45, 2.75) is 0 Å². The number of aromatic amines is 1. The van der Waals surface area contributed by atoms with Crippen LogP contribution < -0.4 is 0 Å². The zero-order valence-corrected chi connectivity index (χ0v) is 16.8. The molecule has 0 amide bonds. The summed E-state index contributed by atoms with van der Waals surface area (Å²) < 4.78 is 0. The fourth-order valence-electron chi connectivity index (χ4n) is 4.39. The molecule has 0 bridgehead atoms. The van der Waals surface area contributed by atoms with Crippen molar-refractivity contribution in [1.29, 1.82) is 0 Å². The van der Waals surface area contributed by atoms with Gasteiger partial charge in [0.15, 0.2) is 0 Å². The van der Waals surface area contributed by atoms with Crippen molar-refractivity contribution in [3.63, 3.8) is 0 Å². The van der Waals surface area contributed by atoms with E-state index in [1.54, 1.807) is 0 Å². The maximum Gasteiger partial charge on any atom is 0.0792 e. The molecule has 4 aromatic carbocycles. The van der Waals surface area contributed by atoms with Gasteiger partial charge >= 0.3 is 0 Å². The van der Waals surface area contributed by atoms with Gasteiger partial charge in [-0.15, -0.1) is 0 Å². The summed E-state index contributed by atoms with van der Waals surface area (Å²) in [6.45, 7) is 0. The zero-order valence-electron chi connectivity index (χ0n) is 16.1. The SMILES string of the molecule is Clc1ccc2c(-c3ccc4ccccc4c3-c3nccc4ccccc34)c[nH]c2c1. The third-order valence-corrected chi connectivity index (χ3v) is 6.01. The third-order valence-electron chi connectivity index (χ3n) is 5.77. The van der Waals surface area contributed by atoms with Crippen LogP contribution in [0.15, 0.2) is 97.3 Å². The zero-order chi connectivity index (χ0) is 20.1. The van der Waals surface area contributed by atoms with E-state index in [0.29, 0.717) is 0 Å². The second-order valence-corrected chi connectivity index (χ2v) is 7.92. The highest BCUT2D eigenvalue weighted by molar-refractivity contribution is 6.31. The summed E-state index contributed by atoms with van der Waals surface area (Å²) in [5.41, 5.74) is 5.50. The Morgan fingerprint density at radius 2 is 1.43 bits per heavy atom. The van der Waals surface area contributed by atoms with Gasteiger partial charge in [0.05, 0.1) is 5.69 Å². The van der Waals surface area contributed by atoms with Crippen LogP contribution in [0.25, 0.3) is 54.8 Å². The number of pyridine rings is 1. The Morgan fingerprint density at radius 1 is 0.667 bits per heavy atom. The molecule has 1 N–H and O–H groups in total. The molecule has 2 nitrogen and oxygen atoms in total. The second-order valence-electron chi connectivity index (χ2n) is 7.48. The number of nitrogens with one attached hydrogen (secondary N) is 1. The van der Waals surface area contributed by atoms with Crippen molar-refractivity contribution < 1.29 is 0 Å². The Labute approximate surface area is 178 Å². The van der Waals surface area contributed by atoms with E-state index in [1.165, 1.54) is 16.2 Å². The molecule has 0 aliphatic rings. The maximum absolute atomic E-state index is 6.21. The van der Waals surface area contributed by atoms with Crippen LogP contribution >= 0.6 is 11.6 Å². The summed E-state index contributed by atoms with van der Waals surface area (Å²) in [5.74, 6) is 0. The van der Waals surface area contributed by atoms with E-state index in [4.69, 9.17) is 16.6 Å². The average molecular weight is 405 g/mol. The molecule has 2 heterocycles. The number of hydrogen-bond donors (Lipinski definition) is 1. The Balaban J connectivity index is 1.76. The molecule has 6 rings (SSSR count). The summed E-state index contributed by atoms with van der Waals surface area (Å²) in [4.78, 5) is 8.25. The molecule has 3 heteroatoms. The smallest absolute Gasteiger partial charge is 0.0792 e. The number of rotatable bonds is 2. The van der Waals surface area contributed by atoms with Crippen molar-refractivity contribution >= 4 is 44.0 Å². The van der Waals surface area contributed by atoms with Crippen LogP contribution in [0.5, 0.6) is 0 Å². The van der Waals surface area contributed by atoms with Crippen LogP contribution in [0.2, 0.25) is 5.02 Å². The first-order chi connectivity index (χ1) is 14.8. The van der Waals surface area contributed by atoms with E-state index in [2.05, 4.69) is 84.0 Å². The molecule has 0 atom stereocenters. The Kier molecular flexibility index (Phi) is 3.87. The highest BCUT2D eigenvalue weighted by atomic mass is 35.5. The predicted octanol–water partition coefficient (Wildman–Crippen LogP) is 7.86. The quantitative estimate of drug-likeness (QED) is 0.312. The van der Waals surface area contributed by atoms with Crippen LogP contribution in [0, 0.1) is 0 Å².